The van der Waals surface area contributed by atoms with Crippen LogP contribution in [0, 0.1) is 0 Å². The molecule has 3 rings (SSSR count). The van der Waals surface area contributed by atoms with E-state index in [9.17, 15) is 9.90 Å². The van der Waals surface area contributed by atoms with Crippen LogP contribution in [0.5, 0.6) is 0 Å². The Labute approximate surface area is 132 Å². The predicted molar refractivity (Wildman–Crippen MR) is 85.6 cm³/mol. The molecule has 1 heterocycles. The van der Waals surface area contributed by atoms with Gasteiger partial charge in [0.15, 0.2) is 5.16 Å². The molecule has 3 aromatic rings. The number of fused-ring (bicyclic) bond motifs is 1. The van der Waals surface area contributed by atoms with Gasteiger partial charge in [0, 0.05) is 5.25 Å². The van der Waals surface area contributed by atoms with E-state index < -0.39 is 11.2 Å². The molecule has 5 heteroatoms. The lowest BCUT2D eigenvalue weighted by Crippen LogP contribution is -2.31. The number of carbonyl (C=O) groups excluding carboxylic acids is 1. The number of para-hydroxylation sites is 2. The molecule has 0 spiro atoms. The summed E-state index contributed by atoms with van der Waals surface area (Å²) in [5, 5.41) is 11.1. The van der Waals surface area contributed by atoms with E-state index in [-0.39, 0.29) is 0 Å². The average Bonchev–Trinajstić information content (AvgIpc) is 2.86. The third kappa shape index (κ3) is 2.99. The molecule has 0 aliphatic rings. The zero-order chi connectivity index (χ0) is 15.5. The second kappa shape index (κ2) is 6.23. The molecule has 1 aromatic heterocycles. The van der Waals surface area contributed by atoms with Crippen LogP contribution in [-0.2, 0) is 11.3 Å². The van der Waals surface area contributed by atoms with Crippen molar-refractivity contribution in [3.63, 3.8) is 0 Å². The summed E-state index contributed by atoms with van der Waals surface area (Å²) in [7, 11) is 0. The lowest BCUT2D eigenvalue weighted by atomic mass is 10.2. The van der Waals surface area contributed by atoms with Crippen LogP contribution in [0.15, 0.2) is 59.8 Å². The second-order valence-corrected chi connectivity index (χ2v) is 6.34. The Morgan fingerprint density at radius 1 is 1.18 bits per heavy atom. The fourth-order valence-corrected chi connectivity index (χ4v) is 3.12. The van der Waals surface area contributed by atoms with Gasteiger partial charge in [-0.25, -0.2) is 4.98 Å². The molecule has 0 saturated carbocycles. The van der Waals surface area contributed by atoms with Gasteiger partial charge in [0.05, 0.1) is 23.5 Å². The topological polar surface area (TPSA) is 58.0 Å². The molecule has 0 N–H and O–H groups in total. The number of thioether (sulfide) groups is 1. The Bertz CT molecular complexity index is 799. The zero-order valence-electron chi connectivity index (χ0n) is 12.1. The Balaban J connectivity index is 2.03. The fraction of sp³-hybridized carbons (Fsp3) is 0.176. The molecule has 0 radical (unpaired) electrons. The maximum Gasteiger partial charge on any atom is 0.169 e. The van der Waals surface area contributed by atoms with Crippen molar-refractivity contribution in [2.75, 3.05) is 0 Å². The van der Waals surface area contributed by atoms with Gasteiger partial charge in [-0.15, -0.1) is 0 Å². The summed E-state index contributed by atoms with van der Waals surface area (Å²) in [5.41, 5.74) is 3.01. The van der Waals surface area contributed by atoms with Crippen molar-refractivity contribution in [1.29, 1.82) is 0 Å². The molecular formula is C17H15N2O2S-. The van der Waals surface area contributed by atoms with E-state index in [1.807, 2.05) is 54.6 Å². The molecule has 0 aliphatic carbocycles. The first kappa shape index (κ1) is 14.7. The van der Waals surface area contributed by atoms with Crippen molar-refractivity contribution in [3.05, 3.63) is 60.2 Å². The van der Waals surface area contributed by atoms with Crippen LogP contribution in [0.25, 0.3) is 11.0 Å². The molecule has 4 nitrogen and oxygen atoms in total. The van der Waals surface area contributed by atoms with Gasteiger partial charge in [-0.05, 0) is 24.6 Å². The van der Waals surface area contributed by atoms with Gasteiger partial charge in [0.1, 0.15) is 0 Å². The smallest absolute Gasteiger partial charge is 0.169 e. The van der Waals surface area contributed by atoms with Crippen molar-refractivity contribution in [1.82, 2.24) is 9.55 Å². The van der Waals surface area contributed by atoms with Crippen LogP contribution in [-0.4, -0.2) is 20.8 Å². The molecule has 0 fully saturated rings. The van der Waals surface area contributed by atoms with E-state index in [1.54, 1.807) is 6.92 Å². The van der Waals surface area contributed by atoms with Crippen molar-refractivity contribution < 1.29 is 9.90 Å². The standard InChI is InChI=1S/C17H16N2O2S/c1-12(16(20)21)22-17-18-14-9-5-6-10-15(14)19(17)11-13-7-3-2-4-8-13/h2-10,12H,11H2,1H3,(H,20,21)/p-1/t12-/m1/s1. The monoisotopic (exact) mass is 311 g/mol. The number of carbonyl (C=O) groups is 1. The molecule has 0 aliphatic heterocycles. The summed E-state index contributed by atoms with van der Waals surface area (Å²) in [6.45, 7) is 2.27. The number of carboxylic acids is 1. The molecule has 0 saturated heterocycles. The molecule has 0 amide bonds. The first-order valence-corrected chi connectivity index (χ1v) is 7.90. The van der Waals surface area contributed by atoms with Gasteiger partial charge in [0.25, 0.3) is 0 Å². The quantitative estimate of drug-likeness (QED) is 0.679. The third-order valence-electron chi connectivity index (χ3n) is 3.42. The summed E-state index contributed by atoms with van der Waals surface area (Å²) in [5.74, 6) is -1.08. The van der Waals surface area contributed by atoms with Crippen molar-refractivity contribution in [2.45, 2.75) is 23.9 Å². The summed E-state index contributed by atoms with van der Waals surface area (Å²) in [6.07, 6.45) is 0. The highest BCUT2D eigenvalue weighted by atomic mass is 32.2. The van der Waals surface area contributed by atoms with Crippen LogP contribution in [0.2, 0.25) is 0 Å². The number of imidazole rings is 1. The Morgan fingerprint density at radius 2 is 1.86 bits per heavy atom. The number of nitrogens with zero attached hydrogens (tertiary/aromatic N) is 2. The highest BCUT2D eigenvalue weighted by molar-refractivity contribution is 8.00. The summed E-state index contributed by atoms with van der Waals surface area (Å²) < 4.78 is 2.05. The van der Waals surface area contributed by atoms with E-state index in [0.717, 1.165) is 16.6 Å². The highest BCUT2D eigenvalue weighted by Gasteiger charge is 2.15. The minimum atomic E-state index is -1.08. The molecule has 1 atom stereocenters. The summed E-state index contributed by atoms with van der Waals surface area (Å²) >= 11 is 1.21. The molecule has 2 aromatic carbocycles. The summed E-state index contributed by atoms with van der Waals surface area (Å²) in [6, 6.07) is 17.9. The van der Waals surface area contributed by atoms with Crippen LogP contribution < -0.4 is 5.11 Å². The molecule has 112 valence electrons. The largest absolute Gasteiger partial charge is 0.549 e. The Hall–Kier alpha value is -2.27. The lowest BCUT2D eigenvalue weighted by Gasteiger charge is -2.13. The third-order valence-corrected chi connectivity index (χ3v) is 4.49. The SMILES string of the molecule is C[C@@H](Sc1nc2ccccc2n1Cc1ccccc1)C(=O)[O-]. The Morgan fingerprint density at radius 3 is 2.59 bits per heavy atom. The fourth-order valence-electron chi connectivity index (χ4n) is 2.27. The number of hydrogen-bond donors (Lipinski definition) is 0. The number of benzene rings is 2. The van der Waals surface area contributed by atoms with Crippen LogP contribution >= 0.6 is 11.8 Å². The van der Waals surface area contributed by atoms with Gasteiger partial charge in [-0.1, -0.05) is 54.2 Å². The van der Waals surface area contributed by atoms with Crippen LogP contribution in [0.3, 0.4) is 0 Å². The number of aliphatic carboxylic acids is 1. The van der Waals surface area contributed by atoms with Crippen LogP contribution in [0.4, 0.5) is 0 Å². The summed E-state index contributed by atoms with van der Waals surface area (Å²) in [4.78, 5) is 15.6. The van der Waals surface area contributed by atoms with E-state index in [4.69, 9.17) is 0 Å². The van der Waals surface area contributed by atoms with E-state index in [1.165, 1.54) is 11.8 Å². The Kier molecular flexibility index (Phi) is 4.15. The number of hydrogen-bond acceptors (Lipinski definition) is 4. The first-order valence-electron chi connectivity index (χ1n) is 7.02. The zero-order valence-corrected chi connectivity index (χ0v) is 12.9. The first-order chi connectivity index (χ1) is 10.6. The predicted octanol–water partition coefficient (Wildman–Crippen LogP) is 2.32. The second-order valence-electron chi connectivity index (χ2n) is 5.03. The average molecular weight is 311 g/mol. The van der Waals surface area contributed by atoms with E-state index in [2.05, 4.69) is 9.55 Å². The molecular weight excluding hydrogens is 296 g/mol. The molecule has 0 bridgehead atoms. The molecule has 0 unspecified atom stereocenters. The van der Waals surface area contributed by atoms with Gasteiger partial charge in [-0.2, -0.15) is 0 Å². The minimum Gasteiger partial charge on any atom is -0.549 e. The van der Waals surface area contributed by atoms with Gasteiger partial charge < -0.3 is 14.5 Å². The number of rotatable bonds is 5. The van der Waals surface area contributed by atoms with Crippen molar-refractivity contribution >= 4 is 28.8 Å². The number of aromatic nitrogens is 2. The van der Waals surface area contributed by atoms with Crippen molar-refractivity contribution in [2.24, 2.45) is 0 Å². The molecule has 22 heavy (non-hydrogen) atoms. The maximum absolute atomic E-state index is 11.0. The maximum atomic E-state index is 11.0. The normalized spacial score (nSPS) is 12.4. The van der Waals surface area contributed by atoms with Gasteiger partial charge in [-0.3, -0.25) is 0 Å². The van der Waals surface area contributed by atoms with Crippen LogP contribution in [0.1, 0.15) is 12.5 Å². The van der Waals surface area contributed by atoms with E-state index in [0.29, 0.717) is 11.7 Å². The van der Waals surface area contributed by atoms with Gasteiger partial charge in [0.2, 0.25) is 0 Å². The van der Waals surface area contributed by atoms with Gasteiger partial charge >= 0.3 is 0 Å². The number of carboxylic acid groups (broad SMARTS) is 1. The minimum absolute atomic E-state index is 0.647. The van der Waals surface area contributed by atoms with Crippen molar-refractivity contribution in [3.8, 4) is 0 Å². The highest BCUT2D eigenvalue weighted by Crippen LogP contribution is 2.27. The lowest BCUT2D eigenvalue weighted by molar-refractivity contribution is -0.304. The van der Waals surface area contributed by atoms with E-state index >= 15 is 0 Å².